The molecular formula is C11H14O3. The van der Waals surface area contributed by atoms with Gasteiger partial charge in [-0.25, -0.2) is 0 Å². The van der Waals surface area contributed by atoms with Gasteiger partial charge in [0, 0.05) is 6.42 Å². The Kier molecular flexibility index (Phi) is 2.82. The molecule has 14 heavy (non-hydrogen) atoms. The summed E-state index contributed by atoms with van der Waals surface area (Å²) in [5, 5.41) is 18.6. The zero-order valence-electron chi connectivity index (χ0n) is 7.84. The lowest BCUT2D eigenvalue weighted by molar-refractivity contribution is -0.0107. The molecule has 0 aliphatic carbocycles. The highest BCUT2D eigenvalue weighted by Crippen LogP contribution is 2.32. The largest absolute Gasteiger partial charge is 0.394 e. The summed E-state index contributed by atoms with van der Waals surface area (Å²) in [5.41, 5.74) is 0.968. The van der Waals surface area contributed by atoms with E-state index in [1.54, 1.807) is 0 Å². The number of benzene rings is 1. The molecule has 2 rings (SSSR count). The molecule has 3 heteroatoms. The van der Waals surface area contributed by atoms with E-state index in [2.05, 4.69) is 0 Å². The monoisotopic (exact) mass is 194 g/mol. The van der Waals surface area contributed by atoms with E-state index in [1.807, 2.05) is 30.3 Å². The van der Waals surface area contributed by atoms with Gasteiger partial charge in [-0.3, -0.25) is 0 Å². The Morgan fingerprint density at radius 1 is 1.29 bits per heavy atom. The number of hydrogen-bond acceptors (Lipinski definition) is 3. The fraction of sp³-hybridized carbons (Fsp3) is 0.455. The van der Waals surface area contributed by atoms with Gasteiger partial charge >= 0.3 is 0 Å². The maximum atomic E-state index is 9.71. The van der Waals surface area contributed by atoms with Crippen LogP contribution in [0.3, 0.4) is 0 Å². The highest BCUT2D eigenvalue weighted by atomic mass is 16.5. The SMILES string of the molecule is OC[C@@H]1C[C@H](O)[C@H](c2ccccc2)O1. The second kappa shape index (κ2) is 4.09. The molecule has 0 unspecified atom stereocenters. The Labute approximate surface area is 83.0 Å². The average molecular weight is 194 g/mol. The van der Waals surface area contributed by atoms with Crippen LogP contribution in [-0.4, -0.2) is 29.0 Å². The van der Waals surface area contributed by atoms with Gasteiger partial charge in [0.1, 0.15) is 6.10 Å². The van der Waals surface area contributed by atoms with Crippen molar-refractivity contribution in [3.63, 3.8) is 0 Å². The molecule has 0 saturated carbocycles. The van der Waals surface area contributed by atoms with Crippen molar-refractivity contribution in [3.05, 3.63) is 35.9 Å². The molecule has 3 nitrogen and oxygen atoms in total. The van der Waals surface area contributed by atoms with Crippen LogP contribution in [0.25, 0.3) is 0 Å². The summed E-state index contributed by atoms with van der Waals surface area (Å²) in [6, 6.07) is 9.60. The van der Waals surface area contributed by atoms with Crippen LogP contribution >= 0.6 is 0 Å². The van der Waals surface area contributed by atoms with Crippen LogP contribution < -0.4 is 0 Å². The number of hydrogen-bond donors (Lipinski definition) is 2. The van der Waals surface area contributed by atoms with Crippen molar-refractivity contribution in [1.82, 2.24) is 0 Å². The molecule has 1 aromatic carbocycles. The molecule has 1 fully saturated rings. The Morgan fingerprint density at radius 3 is 2.57 bits per heavy atom. The Bertz CT molecular complexity index is 286. The van der Waals surface area contributed by atoms with Gasteiger partial charge < -0.3 is 14.9 Å². The van der Waals surface area contributed by atoms with Crippen LogP contribution in [0.1, 0.15) is 18.1 Å². The van der Waals surface area contributed by atoms with Crippen LogP contribution in [0.4, 0.5) is 0 Å². The predicted octanol–water partition coefficient (Wildman–Crippen LogP) is 0.870. The lowest BCUT2D eigenvalue weighted by atomic mass is 10.0. The number of rotatable bonds is 2. The highest BCUT2D eigenvalue weighted by Gasteiger charge is 2.34. The van der Waals surface area contributed by atoms with Crippen molar-refractivity contribution in [2.45, 2.75) is 24.7 Å². The zero-order chi connectivity index (χ0) is 9.97. The lowest BCUT2D eigenvalue weighted by Gasteiger charge is -2.14. The van der Waals surface area contributed by atoms with E-state index in [1.165, 1.54) is 0 Å². The van der Waals surface area contributed by atoms with Gasteiger partial charge in [-0.2, -0.15) is 0 Å². The molecule has 0 aromatic heterocycles. The van der Waals surface area contributed by atoms with Crippen LogP contribution in [0, 0.1) is 0 Å². The number of ether oxygens (including phenoxy) is 1. The fourth-order valence-electron chi connectivity index (χ4n) is 1.81. The first-order valence-corrected chi connectivity index (χ1v) is 4.80. The first-order chi connectivity index (χ1) is 6.81. The van der Waals surface area contributed by atoms with Crippen LogP contribution in [-0.2, 0) is 4.74 Å². The third-order valence-electron chi connectivity index (χ3n) is 2.52. The maximum absolute atomic E-state index is 9.71. The van der Waals surface area contributed by atoms with Crippen molar-refractivity contribution in [3.8, 4) is 0 Å². The van der Waals surface area contributed by atoms with Gasteiger partial charge in [-0.1, -0.05) is 30.3 Å². The third kappa shape index (κ3) is 1.80. The molecule has 2 N–H and O–H groups in total. The van der Waals surface area contributed by atoms with Crippen LogP contribution in [0.5, 0.6) is 0 Å². The maximum Gasteiger partial charge on any atom is 0.109 e. The van der Waals surface area contributed by atoms with Crippen molar-refractivity contribution in [2.75, 3.05) is 6.61 Å². The zero-order valence-corrected chi connectivity index (χ0v) is 7.84. The molecule has 1 aliphatic rings. The van der Waals surface area contributed by atoms with Crippen LogP contribution in [0.2, 0.25) is 0 Å². The summed E-state index contributed by atoms with van der Waals surface area (Å²) in [6.07, 6.45) is -0.506. The summed E-state index contributed by atoms with van der Waals surface area (Å²) >= 11 is 0. The molecule has 1 heterocycles. The molecule has 1 aromatic rings. The van der Waals surface area contributed by atoms with Gasteiger partial charge in [-0.15, -0.1) is 0 Å². The van der Waals surface area contributed by atoms with Gasteiger partial charge in [0.05, 0.1) is 18.8 Å². The minimum Gasteiger partial charge on any atom is -0.394 e. The highest BCUT2D eigenvalue weighted by molar-refractivity contribution is 5.19. The van der Waals surface area contributed by atoms with E-state index in [9.17, 15) is 5.11 Å². The molecule has 1 saturated heterocycles. The Hall–Kier alpha value is -0.900. The molecule has 0 bridgehead atoms. The van der Waals surface area contributed by atoms with E-state index in [4.69, 9.17) is 9.84 Å². The number of aliphatic hydroxyl groups is 2. The second-order valence-corrected chi connectivity index (χ2v) is 3.57. The Balaban J connectivity index is 2.13. The summed E-state index contributed by atoms with van der Waals surface area (Å²) < 4.78 is 5.51. The first-order valence-electron chi connectivity index (χ1n) is 4.80. The first kappa shape index (κ1) is 9.65. The van der Waals surface area contributed by atoms with Crippen molar-refractivity contribution in [1.29, 1.82) is 0 Å². The Morgan fingerprint density at radius 2 is 2.00 bits per heavy atom. The minimum absolute atomic E-state index is 0.0274. The molecule has 0 amide bonds. The van der Waals surface area contributed by atoms with E-state index in [-0.39, 0.29) is 18.8 Å². The smallest absolute Gasteiger partial charge is 0.109 e. The van der Waals surface area contributed by atoms with Crippen LogP contribution in [0.15, 0.2) is 30.3 Å². The van der Waals surface area contributed by atoms with E-state index in [0.717, 1.165) is 5.56 Å². The summed E-state index contributed by atoms with van der Waals surface area (Å²) in [6.45, 7) is -0.0274. The fourth-order valence-corrected chi connectivity index (χ4v) is 1.81. The average Bonchev–Trinajstić information content (AvgIpc) is 2.61. The quantitative estimate of drug-likeness (QED) is 0.734. The van der Waals surface area contributed by atoms with E-state index >= 15 is 0 Å². The van der Waals surface area contributed by atoms with Gasteiger partial charge in [-0.05, 0) is 5.56 Å². The normalized spacial score (nSPS) is 32.0. The standard InChI is InChI=1S/C11H14O3/c12-7-9-6-10(13)11(14-9)8-4-2-1-3-5-8/h1-5,9-13H,6-7H2/t9-,10-,11-/m0/s1. The summed E-state index contributed by atoms with van der Waals surface area (Å²) in [4.78, 5) is 0. The second-order valence-electron chi connectivity index (χ2n) is 3.57. The molecule has 0 radical (unpaired) electrons. The number of aliphatic hydroxyl groups excluding tert-OH is 2. The van der Waals surface area contributed by atoms with E-state index < -0.39 is 6.10 Å². The third-order valence-corrected chi connectivity index (χ3v) is 2.52. The van der Waals surface area contributed by atoms with Gasteiger partial charge in [0.25, 0.3) is 0 Å². The van der Waals surface area contributed by atoms with E-state index in [0.29, 0.717) is 6.42 Å². The van der Waals surface area contributed by atoms with Gasteiger partial charge in [0.15, 0.2) is 0 Å². The molecule has 1 aliphatic heterocycles. The van der Waals surface area contributed by atoms with Crippen molar-refractivity contribution < 1.29 is 14.9 Å². The molecule has 3 atom stereocenters. The molecule has 76 valence electrons. The van der Waals surface area contributed by atoms with Gasteiger partial charge in [0.2, 0.25) is 0 Å². The van der Waals surface area contributed by atoms with Crippen molar-refractivity contribution >= 4 is 0 Å². The lowest BCUT2D eigenvalue weighted by Crippen LogP contribution is -2.11. The summed E-state index contributed by atoms with van der Waals surface area (Å²) in [7, 11) is 0. The minimum atomic E-state index is -0.505. The topological polar surface area (TPSA) is 49.7 Å². The molecular weight excluding hydrogens is 180 g/mol. The summed E-state index contributed by atoms with van der Waals surface area (Å²) in [5.74, 6) is 0. The van der Waals surface area contributed by atoms with Crippen molar-refractivity contribution in [2.24, 2.45) is 0 Å². The predicted molar refractivity (Wildman–Crippen MR) is 51.8 cm³/mol. The molecule has 0 spiro atoms.